The van der Waals surface area contributed by atoms with Crippen molar-refractivity contribution in [2.75, 3.05) is 6.54 Å². The zero-order chi connectivity index (χ0) is 4.41. The van der Waals surface area contributed by atoms with Crippen molar-refractivity contribution in [3.05, 3.63) is 11.9 Å². The molecule has 0 aromatic carbocycles. The highest BCUT2D eigenvalue weighted by atomic mass is 31.1. The molecule has 0 saturated heterocycles. The van der Waals surface area contributed by atoms with Crippen molar-refractivity contribution in [1.82, 2.24) is 5.09 Å². The molecule has 0 aliphatic carbocycles. The molecule has 0 fully saturated rings. The van der Waals surface area contributed by atoms with Gasteiger partial charge in [0.15, 0.2) is 7.95 Å². The Balaban J connectivity index is 2.59. The lowest BCUT2D eigenvalue weighted by Gasteiger charge is -1.80. The monoisotopic (exact) mass is 103 g/mol. The quantitative estimate of drug-likeness (QED) is 0.454. The Labute approximate surface area is 37.1 Å². The van der Waals surface area contributed by atoms with Crippen molar-refractivity contribution in [2.45, 2.75) is 0 Å². The van der Waals surface area contributed by atoms with Gasteiger partial charge in [-0.05, 0) is 5.82 Å². The maximum atomic E-state index is 10.2. The van der Waals surface area contributed by atoms with Crippen LogP contribution in [0.5, 0.6) is 0 Å². The first kappa shape index (κ1) is 4.10. The average molecular weight is 103 g/mol. The molecule has 34 valence electrons. The minimum absolute atomic E-state index is 0.789. The summed E-state index contributed by atoms with van der Waals surface area (Å²) in [7, 11) is -1.44. The molecule has 1 N–H and O–H groups in total. The molecule has 0 spiro atoms. The Bertz CT molecular complexity index is 99.0. The maximum absolute atomic E-state index is 10.2. The van der Waals surface area contributed by atoms with Gasteiger partial charge >= 0.3 is 0 Å². The molecule has 0 aromatic heterocycles. The summed E-state index contributed by atoms with van der Waals surface area (Å²) in [5.41, 5.74) is 0. The van der Waals surface area contributed by atoms with Crippen LogP contribution in [0, 0.1) is 0 Å². The molecule has 0 aromatic rings. The minimum Gasteiger partial charge on any atom is -0.306 e. The number of hydrogen-bond donors (Lipinski definition) is 1. The van der Waals surface area contributed by atoms with Crippen molar-refractivity contribution in [2.24, 2.45) is 0 Å². The molecule has 1 aliphatic rings. The summed E-state index contributed by atoms with van der Waals surface area (Å²) in [5, 5.41) is 2.75. The predicted octanol–water partition coefficient (Wildman–Crippen LogP) is 0.578. The maximum Gasteiger partial charge on any atom is 0.157 e. The third-order valence-electron chi connectivity index (χ3n) is 0.663. The van der Waals surface area contributed by atoms with Crippen LogP contribution < -0.4 is 5.09 Å². The average Bonchev–Trinajstić information content (AvgIpc) is 1.86. The SMILES string of the molecule is O=[PH]1C=CCN1. The Hall–Kier alpha value is -0.0700. The number of rotatable bonds is 0. The molecular formula is C3H6NOP. The van der Waals surface area contributed by atoms with Crippen molar-refractivity contribution >= 4 is 7.95 Å². The van der Waals surface area contributed by atoms with E-state index in [2.05, 4.69) is 5.09 Å². The van der Waals surface area contributed by atoms with Gasteiger partial charge in [-0.3, -0.25) is 5.09 Å². The van der Waals surface area contributed by atoms with Gasteiger partial charge in [-0.25, -0.2) is 0 Å². The Kier molecular flexibility index (Phi) is 1.08. The third kappa shape index (κ3) is 0.703. The van der Waals surface area contributed by atoms with E-state index in [1.807, 2.05) is 6.08 Å². The fourth-order valence-corrected chi connectivity index (χ4v) is 1.15. The highest BCUT2D eigenvalue weighted by Crippen LogP contribution is 2.19. The van der Waals surface area contributed by atoms with Crippen LogP contribution in [0.1, 0.15) is 0 Å². The zero-order valence-corrected chi connectivity index (χ0v) is 4.27. The number of nitrogens with one attached hydrogen (secondary N) is 1. The van der Waals surface area contributed by atoms with Crippen molar-refractivity contribution in [3.8, 4) is 0 Å². The molecule has 2 nitrogen and oxygen atoms in total. The van der Waals surface area contributed by atoms with Crippen molar-refractivity contribution in [1.29, 1.82) is 0 Å². The summed E-state index contributed by atoms with van der Waals surface area (Å²) in [6.45, 7) is 0.789. The van der Waals surface area contributed by atoms with Crippen LogP contribution in [0.15, 0.2) is 11.9 Å². The lowest BCUT2D eigenvalue weighted by atomic mass is 10.7. The molecular weight excluding hydrogens is 97.0 g/mol. The fraction of sp³-hybridized carbons (Fsp3) is 0.333. The Morgan fingerprint density at radius 3 is 2.83 bits per heavy atom. The second kappa shape index (κ2) is 1.59. The highest BCUT2D eigenvalue weighted by molar-refractivity contribution is 7.46. The van der Waals surface area contributed by atoms with E-state index in [9.17, 15) is 4.57 Å². The summed E-state index contributed by atoms with van der Waals surface area (Å²) < 4.78 is 10.2. The van der Waals surface area contributed by atoms with Gasteiger partial charge in [-0.15, -0.1) is 0 Å². The van der Waals surface area contributed by atoms with Crippen molar-refractivity contribution < 1.29 is 4.57 Å². The van der Waals surface area contributed by atoms with E-state index in [0.717, 1.165) is 6.54 Å². The molecule has 0 radical (unpaired) electrons. The van der Waals surface area contributed by atoms with Crippen LogP contribution in [-0.4, -0.2) is 6.54 Å². The first-order valence-corrected chi connectivity index (χ1v) is 3.32. The van der Waals surface area contributed by atoms with Gasteiger partial charge in [-0.1, -0.05) is 6.08 Å². The molecule has 1 heterocycles. The summed E-state index contributed by atoms with van der Waals surface area (Å²) in [6, 6.07) is 0. The van der Waals surface area contributed by atoms with Crippen molar-refractivity contribution in [3.63, 3.8) is 0 Å². The molecule has 6 heavy (non-hydrogen) atoms. The molecule has 1 atom stereocenters. The minimum atomic E-state index is -1.44. The topological polar surface area (TPSA) is 29.1 Å². The van der Waals surface area contributed by atoms with Crippen LogP contribution in [0.3, 0.4) is 0 Å². The predicted molar refractivity (Wildman–Crippen MR) is 26.1 cm³/mol. The number of hydrogen-bond acceptors (Lipinski definition) is 1. The standard InChI is InChI=1S/C3H6NOP/c5-6-3-1-2-4-6/h1,3,6H,2H2,(H,4,5). The lowest BCUT2D eigenvalue weighted by molar-refractivity contribution is 0.588. The smallest absolute Gasteiger partial charge is 0.157 e. The van der Waals surface area contributed by atoms with Crippen LogP contribution in [-0.2, 0) is 4.57 Å². The summed E-state index contributed by atoms with van der Waals surface area (Å²) in [6.07, 6.45) is 1.88. The molecule has 1 unspecified atom stereocenters. The van der Waals surface area contributed by atoms with E-state index >= 15 is 0 Å². The van der Waals surface area contributed by atoms with E-state index in [1.165, 1.54) is 0 Å². The van der Waals surface area contributed by atoms with Gasteiger partial charge in [0.05, 0.1) is 0 Å². The molecule has 0 amide bonds. The second-order valence-electron chi connectivity index (χ2n) is 1.15. The normalized spacial score (nSPS) is 31.7. The van der Waals surface area contributed by atoms with Gasteiger partial charge in [-0.2, -0.15) is 0 Å². The summed E-state index contributed by atoms with van der Waals surface area (Å²) in [4.78, 5) is 0. The van der Waals surface area contributed by atoms with Crippen LogP contribution in [0.2, 0.25) is 0 Å². The van der Waals surface area contributed by atoms with Crippen LogP contribution in [0.25, 0.3) is 0 Å². The summed E-state index contributed by atoms with van der Waals surface area (Å²) >= 11 is 0. The van der Waals surface area contributed by atoms with E-state index in [4.69, 9.17) is 0 Å². The van der Waals surface area contributed by atoms with Gasteiger partial charge < -0.3 is 4.57 Å². The summed E-state index contributed by atoms with van der Waals surface area (Å²) in [5.74, 6) is 1.71. The lowest BCUT2D eigenvalue weighted by Crippen LogP contribution is -1.92. The van der Waals surface area contributed by atoms with E-state index in [0.29, 0.717) is 0 Å². The molecule has 1 aliphatic heterocycles. The molecule has 3 heteroatoms. The molecule has 0 saturated carbocycles. The first-order chi connectivity index (χ1) is 2.89. The second-order valence-corrected chi connectivity index (χ2v) is 2.56. The zero-order valence-electron chi connectivity index (χ0n) is 3.27. The van der Waals surface area contributed by atoms with Crippen LogP contribution in [0.4, 0.5) is 0 Å². The van der Waals surface area contributed by atoms with E-state index < -0.39 is 7.95 Å². The van der Waals surface area contributed by atoms with E-state index in [1.54, 1.807) is 5.82 Å². The third-order valence-corrected chi connectivity index (χ3v) is 1.75. The van der Waals surface area contributed by atoms with E-state index in [-0.39, 0.29) is 0 Å². The first-order valence-electron chi connectivity index (χ1n) is 1.84. The Morgan fingerprint density at radius 2 is 2.67 bits per heavy atom. The largest absolute Gasteiger partial charge is 0.306 e. The molecule has 1 rings (SSSR count). The fourth-order valence-electron chi connectivity index (χ4n) is 0.384. The highest BCUT2D eigenvalue weighted by Gasteiger charge is 1.93. The van der Waals surface area contributed by atoms with Gasteiger partial charge in [0.1, 0.15) is 0 Å². The van der Waals surface area contributed by atoms with Crippen LogP contribution >= 0.6 is 7.95 Å². The van der Waals surface area contributed by atoms with Gasteiger partial charge in [0, 0.05) is 6.54 Å². The van der Waals surface area contributed by atoms with Gasteiger partial charge in [0.2, 0.25) is 0 Å². The van der Waals surface area contributed by atoms with Gasteiger partial charge in [0.25, 0.3) is 0 Å². The Morgan fingerprint density at radius 1 is 1.83 bits per heavy atom. The molecule has 0 bridgehead atoms.